The summed E-state index contributed by atoms with van der Waals surface area (Å²) in [6.07, 6.45) is 6.45. The molecule has 0 amide bonds. The highest BCUT2D eigenvalue weighted by Crippen LogP contribution is 2.39. The molecule has 7 rings (SSSR count). The minimum Gasteiger partial charge on any atom is -0.457 e. The van der Waals surface area contributed by atoms with Crippen molar-refractivity contribution in [3.8, 4) is 34.1 Å². The van der Waals surface area contributed by atoms with Gasteiger partial charge < -0.3 is 4.74 Å². The third-order valence-electron chi connectivity index (χ3n) is 10.5. The summed E-state index contributed by atoms with van der Waals surface area (Å²) in [5, 5.41) is 7.50. The molecule has 1 unspecified atom stereocenters. The first kappa shape index (κ1) is 37.2. The van der Waals surface area contributed by atoms with Crippen LogP contribution in [-0.4, -0.2) is 19.3 Å². The zero-order valence-electron chi connectivity index (χ0n) is 33.9. The molecule has 3 heterocycles. The first-order chi connectivity index (χ1) is 25.6. The molecule has 278 valence electrons. The summed E-state index contributed by atoms with van der Waals surface area (Å²) in [4.78, 5) is 4.86. The Bertz CT molecular complexity index is 2430. The van der Waals surface area contributed by atoms with E-state index in [0.717, 1.165) is 51.8 Å². The molecule has 0 spiro atoms. The van der Waals surface area contributed by atoms with Crippen molar-refractivity contribution in [2.45, 2.75) is 101 Å². The Morgan fingerprint density at radius 1 is 0.722 bits per heavy atom. The summed E-state index contributed by atoms with van der Waals surface area (Å²) in [5.74, 6) is 2.97. The standard InChI is InChI=1S/C49H56N4O/c1-32-22-24-50-46(25-32)52-44-21-18-38(33(2)15-14-23-48(5,6)7)28-43(44)42-20-19-40(30-45(42)52)54-41-27-36(31-49(8,9)10)26-39(29-41)53-35(4)47(34(3)51-53)37-16-12-11-13-17-37/h11-13,16-22,24-30,33H,14-15,23,31H2,1-10H3. The van der Waals surface area contributed by atoms with Gasteiger partial charge in [-0.05, 0) is 128 Å². The van der Waals surface area contributed by atoms with Crippen LogP contribution in [0.3, 0.4) is 0 Å². The lowest BCUT2D eigenvalue weighted by Gasteiger charge is -2.20. The molecule has 3 aromatic heterocycles. The third-order valence-corrected chi connectivity index (χ3v) is 10.5. The fourth-order valence-electron chi connectivity index (χ4n) is 7.97. The lowest BCUT2D eigenvalue weighted by Crippen LogP contribution is -2.10. The zero-order chi connectivity index (χ0) is 38.4. The van der Waals surface area contributed by atoms with Crippen LogP contribution >= 0.6 is 0 Å². The van der Waals surface area contributed by atoms with Gasteiger partial charge in [0, 0.05) is 40.4 Å². The molecule has 54 heavy (non-hydrogen) atoms. The minimum atomic E-state index is 0.101. The van der Waals surface area contributed by atoms with Gasteiger partial charge >= 0.3 is 0 Å². The Morgan fingerprint density at radius 2 is 1.50 bits per heavy atom. The molecule has 5 heteroatoms. The molecular weight excluding hydrogens is 661 g/mol. The van der Waals surface area contributed by atoms with E-state index in [1.165, 1.54) is 57.9 Å². The van der Waals surface area contributed by atoms with Gasteiger partial charge in [0.2, 0.25) is 0 Å². The Balaban J connectivity index is 1.31. The van der Waals surface area contributed by atoms with Crippen LogP contribution in [0.15, 0.2) is 103 Å². The van der Waals surface area contributed by atoms with Crippen LogP contribution in [0.5, 0.6) is 11.5 Å². The monoisotopic (exact) mass is 716 g/mol. The van der Waals surface area contributed by atoms with Crippen molar-refractivity contribution in [3.63, 3.8) is 0 Å². The van der Waals surface area contributed by atoms with Crippen LogP contribution in [0.25, 0.3) is 44.4 Å². The van der Waals surface area contributed by atoms with E-state index in [0.29, 0.717) is 11.3 Å². The van der Waals surface area contributed by atoms with E-state index in [2.05, 4.69) is 176 Å². The highest BCUT2D eigenvalue weighted by molar-refractivity contribution is 6.09. The van der Waals surface area contributed by atoms with Gasteiger partial charge in [0.15, 0.2) is 0 Å². The largest absolute Gasteiger partial charge is 0.457 e. The molecule has 0 aliphatic heterocycles. The zero-order valence-corrected chi connectivity index (χ0v) is 33.9. The summed E-state index contributed by atoms with van der Waals surface area (Å²) in [5.41, 5.74) is 11.9. The number of nitrogens with zero attached hydrogens (tertiary/aromatic N) is 4. The van der Waals surface area contributed by atoms with E-state index < -0.39 is 0 Å². The molecule has 0 N–H and O–H groups in total. The summed E-state index contributed by atoms with van der Waals surface area (Å²) in [7, 11) is 0. The van der Waals surface area contributed by atoms with Crippen molar-refractivity contribution in [2.75, 3.05) is 0 Å². The van der Waals surface area contributed by atoms with E-state index in [1.807, 2.05) is 6.20 Å². The third kappa shape index (κ3) is 8.01. The number of aromatic nitrogens is 4. The van der Waals surface area contributed by atoms with Crippen molar-refractivity contribution in [1.29, 1.82) is 0 Å². The van der Waals surface area contributed by atoms with Gasteiger partial charge in [-0.2, -0.15) is 5.10 Å². The van der Waals surface area contributed by atoms with Crippen molar-refractivity contribution in [1.82, 2.24) is 19.3 Å². The second kappa shape index (κ2) is 14.6. The second-order valence-corrected chi connectivity index (χ2v) is 17.8. The quantitative estimate of drug-likeness (QED) is 0.142. The molecular formula is C49H56N4O. The van der Waals surface area contributed by atoms with Crippen molar-refractivity contribution in [2.24, 2.45) is 10.8 Å². The number of hydrogen-bond acceptors (Lipinski definition) is 3. The summed E-state index contributed by atoms with van der Waals surface area (Å²) >= 11 is 0. The Kier molecular flexibility index (Phi) is 10.0. The first-order valence-electron chi connectivity index (χ1n) is 19.6. The summed E-state index contributed by atoms with van der Waals surface area (Å²) in [6, 6.07) is 34.9. The van der Waals surface area contributed by atoms with Gasteiger partial charge in [-0.15, -0.1) is 0 Å². The van der Waals surface area contributed by atoms with Crippen LogP contribution in [0.1, 0.15) is 102 Å². The van der Waals surface area contributed by atoms with Crippen molar-refractivity contribution < 1.29 is 4.74 Å². The number of pyridine rings is 1. The van der Waals surface area contributed by atoms with E-state index in [1.54, 1.807) is 0 Å². The SMILES string of the molecule is Cc1ccnc(-n2c3ccc(C(C)CCCC(C)(C)C)cc3c3ccc(Oc4cc(CC(C)(C)C)cc(-n5nc(C)c(-c6ccccc6)c5C)c4)cc32)c1. The molecule has 0 saturated heterocycles. The fraction of sp³-hybridized carbons (Fsp3) is 0.347. The molecule has 0 saturated carbocycles. The van der Waals surface area contributed by atoms with Gasteiger partial charge in [0.05, 0.1) is 22.4 Å². The van der Waals surface area contributed by atoms with Crippen LogP contribution in [0, 0.1) is 31.6 Å². The highest BCUT2D eigenvalue weighted by atomic mass is 16.5. The molecule has 4 aromatic carbocycles. The number of ether oxygens (including phenoxy) is 1. The fourth-order valence-corrected chi connectivity index (χ4v) is 7.97. The number of fused-ring (bicyclic) bond motifs is 3. The molecule has 0 radical (unpaired) electrons. The number of hydrogen-bond donors (Lipinski definition) is 0. The van der Waals surface area contributed by atoms with Gasteiger partial charge in [-0.1, -0.05) is 91.3 Å². The van der Waals surface area contributed by atoms with E-state index >= 15 is 0 Å². The van der Waals surface area contributed by atoms with Crippen LogP contribution in [0.4, 0.5) is 0 Å². The van der Waals surface area contributed by atoms with Crippen LogP contribution in [-0.2, 0) is 6.42 Å². The molecule has 5 nitrogen and oxygen atoms in total. The lowest BCUT2D eigenvalue weighted by molar-refractivity contribution is 0.354. The number of aryl methyl sites for hydroxylation is 2. The van der Waals surface area contributed by atoms with E-state index in [-0.39, 0.29) is 5.41 Å². The van der Waals surface area contributed by atoms with E-state index in [4.69, 9.17) is 14.8 Å². The Labute approximate surface area is 322 Å². The average molecular weight is 717 g/mol. The van der Waals surface area contributed by atoms with Crippen molar-refractivity contribution in [3.05, 3.63) is 131 Å². The second-order valence-electron chi connectivity index (χ2n) is 17.8. The number of rotatable bonds is 10. The molecule has 0 bridgehead atoms. The smallest absolute Gasteiger partial charge is 0.137 e. The topological polar surface area (TPSA) is 44.9 Å². The van der Waals surface area contributed by atoms with Gasteiger partial charge in [-0.25, -0.2) is 9.67 Å². The maximum absolute atomic E-state index is 6.83. The van der Waals surface area contributed by atoms with Crippen LogP contribution in [0.2, 0.25) is 0 Å². The molecule has 0 aliphatic rings. The highest BCUT2D eigenvalue weighted by Gasteiger charge is 2.20. The summed E-state index contributed by atoms with van der Waals surface area (Å²) in [6.45, 7) is 22.6. The molecule has 0 aliphatic carbocycles. The van der Waals surface area contributed by atoms with Crippen LogP contribution < -0.4 is 4.74 Å². The van der Waals surface area contributed by atoms with Crippen molar-refractivity contribution >= 4 is 21.8 Å². The predicted molar refractivity (Wildman–Crippen MR) is 227 cm³/mol. The van der Waals surface area contributed by atoms with Gasteiger partial charge in [0.25, 0.3) is 0 Å². The van der Waals surface area contributed by atoms with Gasteiger partial charge in [-0.3, -0.25) is 4.57 Å². The Hall–Kier alpha value is -5.16. The average Bonchev–Trinajstić information content (AvgIpc) is 3.59. The number of benzene rings is 4. The molecule has 0 fully saturated rings. The lowest BCUT2D eigenvalue weighted by atomic mass is 9.86. The maximum Gasteiger partial charge on any atom is 0.137 e. The predicted octanol–water partition coefficient (Wildman–Crippen LogP) is 13.7. The summed E-state index contributed by atoms with van der Waals surface area (Å²) < 4.78 is 11.2. The normalized spacial score (nSPS) is 12.9. The maximum atomic E-state index is 6.83. The molecule has 7 aromatic rings. The minimum absolute atomic E-state index is 0.101. The Morgan fingerprint density at radius 3 is 2.22 bits per heavy atom. The molecule has 1 atom stereocenters. The first-order valence-corrected chi connectivity index (χ1v) is 19.6. The van der Waals surface area contributed by atoms with Gasteiger partial charge in [0.1, 0.15) is 17.3 Å². The van der Waals surface area contributed by atoms with E-state index in [9.17, 15) is 0 Å².